The molecule has 1 aromatic heterocycles. The first-order chi connectivity index (χ1) is 10.6. The Morgan fingerprint density at radius 2 is 2.09 bits per heavy atom. The summed E-state index contributed by atoms with van der Waals surface area (Å²) >= 11 is 11.9. The molecule has 0 radical (unpaired) electrons. The molecule has 1 saturated carbocycles. The number of carbonyl (C=O) groups excluding carboxylic acids is 1. The lowest BCUT2D eigenvalue weighted by atomic mass is 10.1. The van der Waals surface area contributed by atoms with Crippen molar-refractivity contribution in [2.45, 2.75) is 18.8 Å². The molecule has 2 atom stereocenters. The molecule has 5 heteroatoms. The van der Waals surface area contributed by atoms with Crippen molar-refractivity contribution in [1.82, 2.24) is 10.3 Å². The number of amides is 1. The number of nitrogens with one attached hydrogen (secondary N) is 1. The summed E-state index contributed by atoms with van der Waals surface area (Å²) in [6, 6.07) is 11.4. The average Bonchev–Trinajstić information content (AvgIpc) is 3.32. The van der Waals surface area contributed by atoms with Crippen LogP contribution in [0.1, 0.15) is 23.6 Å². The lowest BCUT2D eigenvalue weighted by Crippen LogP contribution is -2.27. The molecule has 0 unspecified atom stereocenters. The molecule has 2 aromatic rings. The molecule has 1 heterocycles. The Bertz CT molecular complexity index is 676. The van der Waals surface area contributed by atoms with Gasteiger partial charge in [-0.2, -0.15) is 0 Å². The van der Waals surface area contributed by atoms with Gasteiger partial charge in [-0.3, -0.25) is 9.78 Å². The fourth-order valence-electron chi connectivity index (χ4n) is 2.59. The number of nitrogens with zero attached hydrogens (tertiary/aromatic N) is 1. The summed E-state index contributed by atoms with van der Waals surface area (Å²) in [4.78, 5) is 16.4. The van der Waals surface area contributed by atoms with E-state index in [1.807, 2.05) is 30.3 Å². The topological polar surface area (TPSA) is 42.0 Å². The molecule has 3 rings (SSSR count). The van der Waals surface area contributed by atoms with Crippen molar-refractivity contribution in [3.63, 3.8) is 0 Å². The third-order valence-corrected chi connectivity index (χ3v) is 4.64. The molecule has 1 aliphatic carbocycles. The molecule has 1 aliphatic rings. The van der Waals surface area contributed by atoms with E-state index in [0.717, 1.165) is 24.1 Å². The predicted octanol–water partition coefficient (Wildman–Crippen LogP) is 3.85. The van der Waals surface area contributed by atoms with E-state index in [1.165, 1.54) is 0 Å². The third kappa shape index (κ3) is 3.60. The van der Waals surface area contributed by atoms with Gasteiger partial charge >= 0.3 is 0 Å². The van der Waals surface area contributed by atoms with E-state index >= 15 is 0 Å². The van der Waals surface area contributed by atoms with E-state index in [9.17, 15) is 4.79 Å². The highest BCUT2D eigenvalue weighted by Crippen LogP contribution is 2.48. The van der Waals surface area contributed by atoms with Crippen LogP contribution in [0.4, 0.5) is 0 Å². The zero-order valence-corrected chi connectivity index (χ0v) is 13.4. The van der Waals surface area contributed by atoms with Gasteiger partial charge in [-0.05, 0) is 42.2 Å². The molecule has 1 fully saturated rings. The van der Waals surface area contributed by atoms with E-state index in [2.05, 4.69) is 10.3 Å². The summed E-state index contributed by atoms with van der Waals surface area (Å²) in [5, 5.41) is 4.07. The van der Waals surface area contributed by atoms with Crippen LogP contribution in [0.15, 0.2) is 42.6 Å². The molecule has 0 spiro atoms. The SMILES string of the molecule is O=C(NCCc1ccccn1)[C@@H]1C[C@H]1c1ccc(Cl)c(Cl)c1. The van der Waals surface area contributed by atoms with Crippen LogP contribution in [-0.2, 0) is 11.2 Å². The second-order valence-corrected chi connectivity index (χ2v) is 6.30. The fraction of sp³-hybridized carbons (Fsp3) is 0.294. The molecule has 3 nitrogen and oxygen atoms in total. The van der Waals surface area contributed by atoms with E-state index < -0.39 is 0 Å². The Kier molecular flexibility index (Phi) is 4.65. The molecule has 22 heavy (non-hydrogen) atoms. The molecule has 1 amide bonds. The molecule has 0 bridgehead atoms. The van der Waals surface area contributed by atoms with Gasteiger partial charge < -0.3 is 5.32 Å². The van der Waals surface area contributed by atoms with Crippen LogP contribution in [0.5, 0.6) is 0 Å². The Morgan fingerprint density at radius 3 is 2.82 bits per heavy atom. The molecule has 0 saturated heterocycles. The first-order valence-corrected chi connectivity index (χ1v) is 8.03. The average molecular weight is 335 g/mol. The quantitative estimate of drug-likeness (QED) is 0.902. The van der Waals surface area contributed by atoms with Crippen LogP contribution in [0, 0.1) is 5.92 Å². The van der Waals surface area contributed by atoms with Crippen molar-refractivity contribution in [3.8, 4) is 0 Å². The molecular weight excluding hydrogens is 319 g/mol. The van der Waals surface area contributed by atoms with E-state index in [-0.39, 0.29) is 17.7 Å². The zero-order chi connectivity index (χ0) is 15.5. The largest absolute Gasteiger partial charge is 0.355 e. The highest BCUT2D eigenvalue weighted by molar-refractivity contribution is 6.42. The predicted molar refractivity (Wildman–Crippen MR) is 88.3 cm³/mol. The van der Waals surface area contributed by atoms with Crippen LogP contribution in [0.3, 0.4) is 0 Å². The van der Waals surface area contributed by atoms with E-state index in [0.29, 0.717) is 16.6 Å². The van der Waals surface area contributed by atoms with Crippen LogP contribution in [0.25, 0.3) is 0 Å². The lowest BCUT2D eigenvalue weighted by Gasteiger charge is -2.05. The van der Waals surface area contributed by atoms with Gasteiger partial charge in [0.15, 0.2) is 0 Å². The number of benzene rings is 1. The van der Waals surface area contributed by atoms with Gasteiger partial charge in [0.1, 0.15) is 0 Å². The van der Waals surface area contributed by atoms with E-state index in [1.54, 1.807) is 12.3 Å². The number of hydrogen-bond acceptors (Lipinski definition) is 2. The van der Waals surface area contributed by atoms with Gasteiger partial charge in [0.2, 0.25) is 5.91 Å². The Morgan fingerprint density at radius 1 is 1.23 bits per heavy atom. The second-order valence-electron chi connectivity index (χ2n) is 5.48. The van der Waals surface area contributed by atoms with Crippen LogP contribution < -0.4 is 5.32 Å². The fourth-order valence-corrected chi connectivity index (χ4v) is 2.89. The monoisotopic (exact) mass is 334 g/mol. The maximum atomic E-state index is 12.1. The summed E-state index contributed by atoms with van der Waals surface area (Å²) in [6.07, 6.45) is 3.38. The minimum atomic E-state index is 0.0426. The molecular formula is C17H16Cl2N2O. The molecule has 1 aromatic carbocycles. The van der Waals surface area contributed by atoms with Gasteiger partial charge in [0.25, 0.3) is 0 Å². The number of pyridine rings is 1. The van der Waals surface area contributed by atoms with Crippen molar-refractivity contribution in [1.29, 1.82) is 0 Å². The second kappa shape index (κ2) is 6.67. The standard InChI is InChI=1S/C17H16Cl2N2O/c18-15-5-4-11(9-16(15)19)13-10-14(13)17(22)21-8-6-12-3-1-2-7-20-12/h1-5,7,9,13-14H,6,8,10H2,(H,21,22)/t13-,14+/m0/s1. The van der Waals surface area contributed by atoms with Crippen LogP contribution >= 0.6 is 23.2 Å². The van der Waals surface area contributed by atoms with Gasteiger partial charge in [0, 0.05) is 30.8 Å². The third-order valence-electron chi connectivity index (χ3n) is 3.91. The lowest BCUT2D eigenvalue weighted by molar-refractivity contribution is -0.122. The number of hydrogen-bond donors (Lipinski definition) is 1. The normalized spacial score (nSPS) is 19.7. The summed E-state index contributed by atoms with van der Waals surface area (Å²) < 4.78 is 0. The van der Waals surface area contributed by atoms with Crippen molar-refractivity contribution in [2.24, 2.45) is 5.92 Å². The van der Waals surface area contributed by atoms with E-state index in [4.69, 9.17) is 23.2 Å². The maximum Gasteiger partial charge on any atom is 0.223 e. The maximum absolute atomic E-state index is 12.1. The first kappa shape index (κ1) is 15.3. The summed E-state index contributed by atoms with van der Waals surface area (Å²) in [5.41, 5.74) is 2.07. The Labute approximate surface area is 139 Å². The number of carbonyl (C=O) groups is 1. The minimum absolute atomic E-state index is 0.0426. The van der Waals surface area contributed by atoms with Gasteiger partial charge in [-0.15, -0.1) is 0 Å². The summed E-state index contributed by atoms with van der Waals surface area (Å²) in [6.45, 7) is 0.612. The van der Waals surface area contributed by atoms with Gasteiger partial charge in [-0.25, -0.2) is 0 Å². The molecule has 1 N–H and O–H groups in total. The molecule has 0 aliphatic heterocycles. The Balaban J connectivity index is 1.49. The van der Waals surface area contributed by atoms with Gasteiger partial charge in [-0.1, -0.05) is 35.3 Å². The zero-order valence-electron chi connectivity index (χ0n) is 11.9. The first-order valence-electron chi connectivity index (χ1n) is 7.27. The Hall–Kier alpha value is -1.58. The van der Waals surface area contributed by atoms with Crippen LogP contribution in [0.2, 0.25) is 10.0 Å². The smallest absolute Gasteiger partial charge is 0.223 e. The number of aromatic nitrogens is 1. The highest BCUT2D eigenvalue weighted by Gasteiger charge is 2.43. The van der Waals surface area contributed by atoms with Crippen molar-refractivity contribution in [2.75, 3.05) is 6.54 Å². The summed E-state index contributed by atoms with van der Waals surface area (Å²) in [5.74, 6) is 0.401. The molecule has 114 valence electrons. The van der Waals surface area contributed by atoms with Crippen LogP contribution in [-0.4, -0.2) is 17.4 Å². The van der Waals surface area contributed by atoms with Crippen molar-refractivity contribution in [3.05, 3.63) is 63.9 Å². The number of halogens is 2. The van der Waals surface area contributed by atoms with Crippen molar-refractivity contribution >= 4 is 29.1 Å². The highest BCUT2D eigenvalue weighted by atomic mass is 35.5. The number of rotatable bonds is 5. The van der Waals surface area contributed by atoms with Crippen molar-refractivity contribution < 1.29 is 4.79 Å². The summed E-state index contributed by atoms with van der Waals surface area (Å²) in [7, 11) is 0. The minimum Gasteiger partial charge on any atom is -0.355 e. The van der Waals surface area contributed by atoms with Gasteiger partial charge in [0.05, 0.1) is 10.0 Å².